The number of thioether (sulfide) groups is 1. The first-order chi connectivity index (χ1) is 12.6. The van der Waals surface area contributed by atoms with Crippen LogP contribution in [0.2, 0.25) is 0 Å². The molecule has 1 atom stereocenters. The summed E-state index contributed by atoms with van der Waals surface area (Å²) in [7, 11) is 1.64. The van der Waals surface area contributed by atoms with Gasteiger partial charge in [-0.15, -0.1) is 11.8 Å². The molecule has 1 unspecified atom stereocenters. The van der Waals surface area contributed by atoms with E-state index in [0.29, 0.717) is 5.95 Å². The second kappa shape index (κ2) is 8.27. The molecule has 0 aliphatic rings. The number of hydrogen-bond acceptors (Lipinski definition) is 4. The molecule has 26 heavy (non-hydrogen) atoms. The molecule has 0 saturated carbocycles. The Balaban J connectivity index is 1.74. The van der Waals surface area contributed by atoms with Gasteiger partial charge in [0.15, 0.2) is 0 Å². The van der Waals surface area contributed by atoms with Crippen LogP contribution in [0.15, 0.2) is 53.4 Å². The largest absolute Gasteiger partial charge is 0.497 e. The monoisotopic (exact) mass is 369 g/mol. The lowest BCUT2D eigenvalue weighted by Gasteiger charge is -2.13. The van der Waals surface area contributed by atoms with Crippen LogP contribution in [-0.4, -0.2) is 27.8 Å². The van der Waals surface area contributed by atoms with Crippen LogP contribution in [0.3, 0.4) is 0 Å². The zero-order valence-corrected chi connectivity index (χ0v) is 16.0. The van der Waals surface area contributed by atoms with Crippen LogP contribution in [0.25, 0.3) is 11.0 Å². The molecule has 0 radical (unpaired) electrons. The highest BCUT2D eigenvalue weighted by Crippen LogP contribution is 2.27. The van der Waals surface area contributed by atoms with Crippen molar-refractivity contribution >= 4 is 34.7 Å². The van der Waals surface area contributed by atoms with Crippen molar-refractivity contribution in [1.29, 1.82) is 0 Å². The molecule has 0 aliphatic heterocycles. The third-order valence-corrected chi connectivity index (χ3v) is 5.19. The molecule has 0 spiro atoms. The molecule has 1 amide bonds. The van der Waals surface area contributed by atoms with Crippen molar-refractivity contribution in [3.05, 3.63) is 48.5 Å². The molecule has 136 valence electrons. The molecule has 2 aromatic carbocycles. The van der Waals surface area contributed by atoms with Gasteiger partial charge in [0.05, 0.1) is 23.4 Å². The van der Waals surface area contributed by atoms with Crippen LogP contribution in [0.5, 0.6) is 5.75 Å². The third kappa shape index (κ3) is 4.02. The van der Waals surface area contributed by atoms with Crippen LogP contribution >= 0.6 is 11.8 Å². The average molecular weight is 369 g/mol. The predicted molar refractivity (Wildman–Crippen MR) is 107 cm³/mol. The van der Waals surface area contributed by atoms with Gasteiger partial charge in [0.2, 0.25) is 11.9 Å². The minimum Gasteiger partial charge on any atom is -0.497 e. The van der Waals surface area contributed by atoms with Crippen LogP contribution in [-0.2, 0) is 11.3 Å². The number of ether oxygens (including phenoxy) is 1. The number of para-hydroxylation sites is 2. The number of imidazole rings is 1. The lowest BCUT2D eigenvalue weighted by molar-refractivity contribution is -0.115. The number of aryl methyl sites for hydroxylation is 1. The van der Waals surface area contributed by atoms with Gasteiger partial charge in [-0.2, -0.15) is 0 Å². The number of amides is 1. The molecule has 0 saturated heterocycles. The van der Waals surface area contributed by atoms with Crippen molar-refractivity contribution < 1.29 is 9.53 Å². The quantitative estimate of drug-likeness (QED) is 0.620. The summed E-state index contributed by atoms with van der Waals surface area (Å²) in [6.45, 7) is 4.83. The standard InChI is InChI=1S/C20H23N3O2S/c1-4-13-23-18-8-6-5-7-17(18)21-20(23)22-19(24)14(2)26-16-11-9-15(25-3)10-12-16/h5-12,14H,4,13H2,1-3H3,(H,21,22,24). The Bertz CT molecular complexity index is 890. The number of fused-ring (bicyclic) bond motifs is 1. The molecular weight excluding hydrogens is 346 g/mol. The fourth-order valence-corrected chi connectivity index (χ4v) is 3.61. The Hall–Kier alpha value is -2.47. The highest BCUT2D eigenvalue weighted by molar-refractivity contribution is 8.00. The SMILES string of the molecule is CCCn1c(NC(=O)C(C)Sc2ccc(OC)cc2)nc2ccccc21. The molecule has 6 heteroatoms. The van der Waals surface area contributed by atoms with Crippen molar-refractivity contribution in [1.82, 2.24) is 9.55 Å². The number of hydrogen-bond donors (Lipinski definition) is 1. The number of carbonyl (C=O) groups is 1. The predicted octanol–water partition coefficient (Wildman–Crippen LogP) is 4.57. The Labute approximate surface area is 157 Å². The molecule has 3 rings (SSSR count). The number of carbonyl (C=O) groups excluding carboxylic acids is 1. The summed E-state index contributed by atoms with van der Waals surface area (Å²) < 4.78 is 7.23. The third-order valence-electron chi connectivity index (χ3n) is 4.08. The number of methoxy groups -OCH3 is 1. The Morgan fingerprint density at radius 1 is 1.23 bits per heavy atom. The Morgan fingerprint density at radius 2 is 1.96 bits per heavy atom. The van der Waals surface area contributed by atoms with Crippen molar-refractivity contribution in [2.24, 2.45) is 0 Å². The van der Waals surface area contributed by atoms with Crippen molar-refractivity contribution in [2.75, 3.05) is 12.4 Å². The van der Waals surface area contributed by atoms with Gasteiger partial charge in [0, 0.05) is 11.4 Å². The van der Waals surface area contributed by atoms with Gasteiger partial charge in [-0.3, -0.25) is 10.1 Å². The molecular formula is C20H23N3O2S. The van der Waals surface area contributed by atoms with Gasteiger partial charge < -0.3 is 9.30 Å². The van der Waals surface area contributed by atoms with E-state index in [9.17, 15) is 4.79 Å². The molecule has 1 N–H and O–H groups in total. The maximum absolute atomic E-state index is 12.7. The maximum Gasteiger partial charge on any atom is 0.239 e. The van der Waals surface area contributed by atoms with E-state index in [1.165, 1.54) is 11.8 Å². The first-order valence-corrected chi connectivity index (χ1v) is 9.57. The van der Waals surface area contributed by atoms with E-state index in [4.69, 9.17) is 4.74 Å². The highest BCUT2D eigenvalue weighted by Gasteiger charge is 2.18. The van der Waals surface area contributed by atoms with E-state index in [2.05, 4.69) is 21.8 Å². The minimum absolute atomic E-state index is 0.0570. The van der Waals surface area contributed by atoms with E-state index in [0.717, 1.165) is 34.6 Å². The Morgan fingerprint density at radius 3 is 2.65 bits per heavy atom. The maximum atomic E-state index is 12.7. The molecule has 1 aromatic heterocycles. The first-order valence-electron chi connectivity index (χ1n) is 8.69. The molecule has 0 bridgehead atoms. The van der Waals surface area contributed by atoms with Crippen LogP contribution in [0.4, 0.5) is 5.95 Å². The topological polar surface area (TPSA) is 56.2 Å². The molecule has 0 fully saturated rings. The molecule has 5 nitrogen and oxygen atoms in total. The highest BCUT2D eigenvalue weighted by atomic mass is 32.2. The number of rotatable bonds is 7. The van der Waals surface area contributed by atoms with Gasteiger partial charge >= 0.3 is 0 Å². The smallest absolute Gasteiger partial charge is 0.239 e. The van der Waals surface area contributed by atoms with E-state index >= 15 is 0 Å². The summed E-state index contributed by atoms with van der Waals surface area (Å²) >= 11 is 1.51. The van der Waals surface area contributed by atoms with Gasteiger partial charge in [-0.25, -0.2) is 4.98 Å². The van der Waals surface area contributed by atoms with Gasteiger partial charge in [0.1, 0.15) is 5.75 Å². The fourth-order valence-electron chi connectivity index (χ4n) is 2.74. The zero-order valence-electron chi connectivity index (χ0n) is 15.2. The zero-order chi connectivity index (χ0) is 18.5. The number of nitrogens with zero attached hydrogens (tertiary/aromatic N) is 2. The Kier molecular flexibility index (Phi) is 5.83. The summed E-state index contributed by atoms with van der Waals surface area (Å²) in [6, 6.07) is 15.7. The van der Waals surface area contributed by atoms with Crippen LogP contribution < -0.4 is 10.1 Å². The summed E-state index contributed by atoms with van der Waals surface area (Å²) in [6.07, 6.45) is 0.972. The molecule has 0 aliphatic carbocycles. The van der Waals surface area contributed by atoms with Crippen LogP contribution in [0, 0.1) is 0 Å². The van der Waals surface area contributed by atoms with Crippen molar-refractivity contribution in [3.8, 4) is 5.75 Å². The molecule has 3 aromatic rings. The van der Waals surface area contributed by atoms with E-state index in [-0.39, 0.29) is 11.2 Å². The average Bonchev–Trinajstić information content (AvgIpc) is 3.00. The van der Waals surface area contributed by atoms with E-state index in [1.807, 2.05) is 55.5 Å². The summed E-state index contributed by atoms with van der Waals surface area (Å²) in [4.78, 5) is 18.3. The second-order valence-corrected chi connectivity index (χ2v) is 7.41. The van der Waals surface area contributed by atoms with E-state index < -0.39 is 0 Å². The van der Waals surface area contributed by atoms with Gasteiger partial charge in [0.25, 0.3) is 0 Å². The summed E-state index contributed by atoms with van der Waals surface area (Å²) in [5, 5.41) is 2.76. The first kappa shape index (κ1) is 18.3. The molecule has 1 heterocycles. The lowest BCUT2D eigenvalue weighted by Crippen LogP contribution is -2.24. The normalized spacial score (nSPS) is 12.1. The lowest BCUT2D eigenvalue weighted by atomic mass is 10.3. The number of aromatic nitrogens is 2. The number of nitrogens with one attached hydrogen (secondary N) is 1. The number of anilines is 1. The van der Waals surface area contributed by atoms with Crippen molar-refractivity contribution in [3.63, 3.8) is 0 Å². The van der Waals surface area contributed by atoms with Crippen molar-refractivity contribution in [2.45, 2.75) is 37.0 Å². The second-order valence-electron chi connectivity index (χ2n) is 6.00. The summed E-state index contributed by atoms with van der Waals surface area (Å²) in [5.41, 5.74) is 1.94. The minimum atomic E-state index is -0.238. The van der Waals surface area contributed by atoms with Gasteiger partial charge in [-0.1, -0.05) is 19.1 Å². The van der Waals surface area contributed by atoms with E-state index in [1.54, 1.807) is 7.11 Å². The summed E-state index contributed by atoms with van der Waals surface area (Å²) in [5.74, 6) is 1.36. The van der Waals surface area contributed by atoms with Gasteiger partial charge in [-0.05, 0) is 49.7 Å². The number of benzene rings is 2. The fraction of sp³-hybridized carbons (Fsp3) is 0.300. The van der Waals surface area contributed by atoms with Crippen LogP contribution in [0.1, 0.15) is 20.3 Å².